The molecule has 0 radical (unpaired) electrons. The smallest absolute Gasteiger partial charge is 0.417 e. The van der Waals surface area contributed by atoms with Crippen molar-refractivity contribution in [3.05, 3.63) is 87.7 Å². The van der Waals surface area contributed by atoms with Gasteiger partial charge in [0.25, 0.3) is 11.8 Å². The number of benzene rings is 3. The molecule has 0 spiro atoms. The average Bonchev–Trinajstić information content (AvgIpc) is 3.24. The molecule has 0 aliphatic carbocycles. The molecule has 13 heteroatoms. The Morgan fingerprint density at radius 1 is 1.03 bits per heavy atom. The highest BCUT2D eigenvalue weighted by Gasteiger charge is 2.37. The number of aromatic nitrogens is 2. The number of fused-ring (bicyclic) bond motifs is 1. The van der Waals surface area contributed by atoms with Crippen molar-refractivity contribution in [2.45, 2.75) is 6.18 Å². The largest absolute Gasteiger partial charge is 0.478 e. The fourth-order valence-corrected chi connectivity index (χ4v) is 4.06. The molecule has 1 heterocycles. The van der Waals surface area contributed by atoms with Crippen molar-refractivity contribution in [1.82, 2.24) is 15.1 Å². The van der Waals surface area contributed by atoms with Gasteiger partial charge in [-0.05, 0) is 48.5 Å². The lowest BCUT2D eigenvalue weighted by molar-refractivity contribution is -0.137. The minimum absolute atomic E-state index is 0.0247. The van der Waals surface area contributed by atoms with Crippen LogP contribution in [0.2, 0.25) is 5.02 Å². The maximum Gasteiger partial charge on any atom is 0.417 e. The molecule has 0 fully saturated rings. The summed E-state index contributed by atoms with van der Waals surface area (Å²) in [7, 11) is 0. The van der Waals surface area contributed by atoms with E-state index in [1.165, 1.54) is 18.2 Å². The van der Waals surface area contributed by atoms with E-state index in [0.717, 1.165) is 30.3 Å². The summed E-state index contributed by atoms with van der Waals surface area (Å²) in [5.41, 5.74) is -3.19. The molecule has 38 heavy (non-hydrogen) atoms. The van der Waals surface area contributed by atoms with Gasteiger partial charge in [-0.25, -0.2) is 9.18 Å². The van der Waals surface area contributed by atoms with Gasteiger partial charge in [0, 0.05) is 23.1 Å². The quantitative estimate of drug-likeness (QED) is 0.302. The molecule has 1 amide bonds. The molecule has 0 atom stereocenters. The number of amides is 1. The second-order valence-corrected chi connectivity index (χ2v) is 8.34. The Morgan fingerprint density at radius 2 is 1.74 bits per heavy atom. The van der Waals surface area contributed by atoms with Crippen molar-refractivity contribution in [2.75, 3.05) is 13.2 Å². The zero-order chi connectivity index (χ0) is 27.8. The zero-order valence-corrected chi connectivity index (χ0v) is 19.8. The van der Waals surface area contributed by atoms with E-state index in [1.807, 2.05) is 0 Å². The Morgan fingerprint density at radius 3 is 2.37 bits per heavy atom. The fourth-order valence-electron chi connectivity index (χ4n) is 3.81. The number of halogens is 5. The minimum Gasteiger partial charge on any atom is -0.478 e. The van der Waals surface area contributed by atoms with Crippen molar-refractivity contribution in [1.29, 1.82) is 0 Å². The molecule has 1 aromatic heterocycles. The summed E-state index contributed by atoms with van der Waals surface area (Å²) in [6.45, 7) is -0.442. The topological polar surface area (TPSA) is 122 Å². The first kappa shape index (κ1) is 26.8. The first-order valence-electron chi connectivity index (χ1n) is 10.8. The Kier molecular flexibility index (Phi) is 7.20. The number of alkyl halides is 3. The van der Waals surface area contributed by atoms with Gasteiger partial charge in [0.05, 0.1) is 33.8 Å². The summed E-state index contributed by atoms with van der Waals surface area (Å²) < 4.78 is 56.7. The van der Waals surface area contributed by atoms with Crippen LogP contribution in [0.5, 0.6) is 0 Å². The number of rotatable bonds is 6. The second kappa shape index (κ2) is 10.2. The van der Waals surface area contributed by atoms with Gasteiger partial charge in [-0.15, -0.1) is 0 Å². The zero-order valence-electron chi connectivity index (χ0n) is 19.0. The molecular formula is C25H16ClF4N3O5. The summed E-state index contributed by atoms with van der Waals surface area (Å²) in [6.07, 6.45) is -4.95. The lowest BCUT2D eigenvalue weighted by Crippen LogP contribution is -2.26. The number of carboxylic acid groups (broad SMARTS) is 1. The molecule has 0 aliphatic heterocycles. The Balaban J connectivity index is 1.98. The highest BCUT2D eigenvalue weighted by atomic mass is 35.5. The number of carbonyl (C=O) groups is 3. The Hall–Kier alpha value is -4.29. The SMILES string of the molecule is O=C(O)c1ccc(-c2nn(C(=O)c3c(Cl)cccc3C(F)(F)F)c3cc(C(=O)NCCO)ccc23)c(F)c1. The summed E-state index contributed by atoms with van der Waals surface area (Å²) in [5, 5.41) is 24.1. The van der Waals surface area contributed by atoms with E-state index in [0.29, 0.717) is 10.7 Å². The van der Waals surface area contributed by atoms with Crippen molar-refractivity contribution in [3.8, 4) is 11.3 Å². The van der Waals surface area contributed by atoms with Crippen LogP contribution in [-0.2, 0) is 6.18 Å². The van der Waals surface area contributed by atoms with E-state index in [4.69, 9.17) is 21.8 Å². The fraction of sp³-hybridized carbons (Fsp3) is 0.120. The minimum atomic E-state index is -4.95. The first-order chi connectivity index (χ1) is 17.9. The van der Waals surface area contributed by atoms with Crippen molar-refractivity contribution < 1.29 is 42.2 Å². The van der Waals surface area contributed by atoms with Crippen LogP contribution in [-0.4, -0.2) is 50.9 Å². The summed E-state index contributed by atoms with van der Waals surface area (Å²) in [4.78, 5) is 37.1. The van der Waals surface area contributed by atoms with Crippen LogP contribution in [0.3, 0.4) is 0 Å². The third kappa shape index (κ3) is 4.95. The normalized spacial score (nSPS) is 11.5. The molecule has 8 nitrogen and oxygen atoms in total. The third-order valence-electron chi connectivity index (χ3n) is 5.54. The highest BCUT2D eigenvalue weighted by molar-refractivity contribution is 6.34. The lowest BCUT2D eigenvalue weighted by Gasteiger charge is -2.13. The lowest BCUT2D eigenvalue weighted by atomic mass is 10.0. The predicted molar refractivity (Wildman–Crippen MR) is 128 cm³/mol. The van der Waals surface area contributed by atoms with E-state index in [1.54, 1.807) is 0 Å². The monoisotopic (exact) mass is 549 g/mol. The van der Waals surface area contributed by atoms with Gasteiger partial charge in [-0.3, -0.25) is 9.59 Å². The maximum absolute atomic E-state index is 14.9. The average molecular weight is 550 g/mol. The van der Waals surface area contributed by atoms with Gasteiger partial charge in [-0.2, -0.15) is 23.0 Å². The molecule has 0 saturated carbocycles. The van der Waals surface area contributed by atoms with Crippen LogP contribution in [0.25, 0.3) is 22.2 Å². The van der Waals surface area contributed by atoms with Crippen LogP contribution in [0, 0.1) is 5.82 Å². The van der Waals surface area contributed by atoms with Crippen LogP contribution < -0.4 is 5.32 Å². The van der Waals surface area contributed by atoms with E-state index in [-0.39, 0.29) is 46.4 Å². The third-order valence-corrected chi connectivity index (χ3v) is 5.85. The second-order valence-electron chi connectivity index (χ2n) is 7.94. The number of carbonyl (C=O) groups excluding carboxylic acids is 2. The highest BCUT2D eigenvalue weighted by Crippen LogP contribution is 2.37. The number of nitrogens with one attached hydrogen (secondary N) is 1. The number of hydrogen-bond donors (Lipinski definition) is 3. The van der Waals surface area contributed by atoms with Gasteiger partial charge >= 0.3 is 12.1 Å². The molecule has 4 aromatic rings. The molecular weight excluding hydrogens is 534 g/mol. The predicted octanol–water partition coefficient (Wildman–Crippen LogP) is 4.62. The number of aromatic carboxylic acids is 1. The number of hydrogen-bond acceptors (Lipinski definition) is 5. The molecule has 0 unspecified atom stereocenters. The Labute approximate surface area is 216 Å². The number of carboxylic acids is 1. The summed E-state index contributed by atoms with van der Waals surface area (Å²) >= 11 is 6.00. The van der Waals surface area contributed by atoms with Crippen molar-refractivity contribution >= 4 is 40.3 Å². The van der Waals surface area contributed by atoms with Crippen molar-refractivity contribution in [3.63, 3.8) is 0 Å². The van der Waals surface area contributed by atoms with Crippen LogP contribution in [0.1, 0.15) is 36.6 Å². The van der Waals surface area contributed by atoms with Gasteiger partial charge in [0.1, 0.15) is 11.5 Å². The van der Waals surface area contributed by atoms with Crippen LogP contribution in [0.15, 0.2) is 54.6 Å². The molecule has 3 aromatic carbocycles. The van der Waals surface area contributed by atoms with Gasteiger partial charge < -0.3 is 15.5 Å². The molecule has 0 saturated heterocycles. The van der Waals surface area contributed by atoms with Crippen molar-refractivity contribution in [2.24, 2.45) is 0 Å². The number of aliphatic hydroxyl groups is 1. The molecule has 3 N–H and O–H groups in total. The van der Waals surface area contributed by atoms with E-state index >= 15 is 0 Å². The van der Waals surface area contributed by atoms with E-state index in [9.17, 15) is 31.9 Å². The summed E-state index contributed by atoms with van der Waals surface area (Å²) in [6, 6.07) is 9.52. The van der Waals surface area contributed by atoms with Gasteiger partial charge in [-0.1, -0.05) is 17.7 Å². The van der Waals surface area contributed by atoms with Gasteiger partial charge in [0.15, 0.2) is 0 Å². The van der Waals surface area contributed by atoms with Crippen LogP contribution in [0.4, 0.5) is 17.6 Å². The Bertz CT molecular complexity index is 1600. The molecule has 4 rings (SSSR count). The molecule has 196 valence electrons. The maximum atomic E-state index is 14.9. The van der Waals surface area contributed by atoms with Gasteiger partial charge in [0.2, 0.25) is 0 Å². The molecule has 0 bridgehead atoms. The molecule has 0 aliphatic rings. The van der Waals surface area contributed by atoms with E-state index < -0.39 is 45.9 Å². The summed E-state index contributed by atoms with van der Waals surface area (Å²) in [5.74, 6) is -4.36. The number of aliphatic hydroxyl groups excluding tert-OH is 1. The van der Waals surface area contributed by atoms with Crippen LogP contribution >= 0.6 is 11.6 Å². The number of nitrogens with zero attached hydrogens (tertiary/aromatic N) is 2. The standard InChI is InChI=1S/C25H16ClF4N3O5/c26-17-3-1-2-16(25(28,29)30)20(17)23(36)33-19-11-12(22(35)31-8-9-34)4-7-15(19)21(32-33)14-6-5-13(24(37)38)10-18(14)27/h1-7,10-11,34H,8-9H2,(H,31,35)(H,37,38). The van der Waals surface area contributed by atoms with E-state index in [2.05, 4.69) is 10.4 Å². The first-order valence-corrected chi connectivity index (χ1v) is 11.2.